The molecule has 1 unspecified atom stereocenters. The Bertz CT molecular complexity index is 1200. The normalized spacial score (nSPS) is 31.4. The van der Waals surface area contributed by atoms with Crippen LogP contribution in [-0.2, 0) is 19.1 Å². The maximum atomic E-state index is 14.5. The average Bonchev–Trinajstić information content (AvgIpc) is 3.24. The first-order chi connectivity index (χ1) is 19.3. The zero-order valence-electron chi connectivity index (χ0n) is 23.4. The molecule has 0 radical (unpaired) electrons. The molecule has 216 valence electrons. The fraction of sp³-hybridized carbons (Fsp3) is 0.581. The van der Waals surface area contributed by atoms with Gasteiger partial charge in [0.25, 0.3) is 5.91 Å². The summed E-state index contributed by atoms with van der Waals surface area (Å²) < 4.78 is 7.01. The summed E-state index contributed by atoms with van der Waals surface area (Å²) in [6, 6.07) is 6.29. The first kappa shape index (κ1) is 28.8. The minimum atomic E-state index is -1.27. The Kier molecular flexibility index (Phi) is 8.41. The van der Waals surface area contributed by atoms with E-state index < -0.39 is 29.1 Å². The number of rotatable bonds is 10. The van der Waals surface area contributed by atoms with Gasteiger partial charge in [0, 0.05) is 32.8 Å². The number of unbranched alkanes of at least 4 members (excludes halogenated alkanes) is 3. The first-order valence-electron chi connectivity index (χ1n) is 14.7. The van der Waals surface area contributed by atoms with Crippen molar-refractivity contribution in [3.63, 3.8) is 0 Å². The number of aliphatic hydroxyl groups excluding tert-OH is 1. The predicted octanol–water partition coefficient (Wildman–Crippen LogP) is 3.96. The van der Waals surface area contributed by atoms with Gasteiger partial charge in [-0.2, -0.15) is 0 Å². The fourth-order valence-electron chi connectivity index (χ4n) is 7.16. The highest BCUT2D eigenvalue weighted by Crippen LogP contribution is 2.58. The molecule has 9 heteroatoms. The van der Waals surface area contributed by atoms with Gasteiger partial charge in [-0.1, -0.05) is 74.7 Å². The van der Waals surface area contributed by atoms with E-state index in [-0.39, 0.29) is 30.9 Å². The lowest BCUT2D eigenvalue weighted by molar-refractivity contribution is -0.150. The lowest BCUT2D eigenvalue weighted by atomic mass is 9.73. The molecule has 8 nitrogen and oxygen atoms in total. The molecule has 0 bridgehead atoms. The summed E-state index contributed by atoms with van der Waals surface area (Å²) in [7, 11) is 0. The van der Waals surface area contributed by atoms with Gasteiger partial charge in [0.1, 0.15) is 11.6 Å². The van der Waals surface area contributed by atoms with Crippen LogP contribution in [0.4, 0.5) is 5.69 Å². The Morgan fingerprint density at radius 2 is 1.68 bits per heavy atom. The van der Waals surface area contributed by atoms with Crippen LogP contribution in [-0.4, -0.2) is 82.7 Å². The van der Waals surface area contributed by atoms with Crippen LogP contribution in [0, 0.1) is 11.8 Å². The van der Waals surface area contributed by atoms with E-state index in [1.807, 2.05) is 55.2 Å². The molecule has 0 aliphatic carbocycles. The summed E-state index contributed by atoms with van der Waals surface area (Å²) in [5.41, 5.74) is -1.67. The molecule has 4 heterocycles. The minimum absolute atomic E-state index is 0.0828. The molecule has 0 saturated carbocycles. The van der Waals surface area contributed by atoms with E-state index in [9.17, 15) is 19.5 Å². The van der Waals surface area contributed by atoms with Crippen LogP contribution in [0.2, 0.25) is 5.02 Å². The number of benzene rings is 1. The van der Waals surface area contributed by atoms with Crippen molar-refractivity contribution in [3.05, 3.63) is 53.6 Å². The third-order valence-corrected chi connectivity index (χ3v) is 9.29. The number of carbonyl (C=O) groups excluding carboxylic acids is 3. The number of hydrogen-bond donors (Lipinski definition) is 1. The Hall–Kier alpha value is -2.68. The molecule has 4 aliphatic heterocycles. The maximum absolute atomic E-state index is 14.5. The van der Waals surface area contributed by atoms with Gasteiger partial charge >= 0.3 is 0 Å². The third-order valence-electron chi connectivity index (χ3n) is 8.97. The van der Waals surface area contributed by atoms with Crippen LogP contribution in [0.5, 0.6) is 0 Å². The number of fused-ring (bicyclic) bond motifs is 2. The monoisotopic (exact) mass is 569 g/mol. The molecule has 1 spiro atoms. The zero-order chi connectivity index (χ0) is 28.5. The van der Waals surface area contributed by atoms with Gasteiger partial charge in [0.2, 0.25) is 11.8 Å². The van der Waals surface area contributed by atoms with Gasteiger partial charge in [0.15, 0.2) is 0 Å². The van der Waals surface area contributed by atoms with Crippen LogP contribution in [0.25, 0.3) is 0 Å². The van der Waals surface area contributed by atoms with Crippen molar-refractivity contribution in [1.29, 1.82) is 0 Å². The quantitative estimate of drug-likeness (QED) is 0.340. The van der Waals surface area contributed by atoms with Crippen LogP contribution < -0.4 is 4.90 Å². The highest BCUT2D eigenvalue weighted by Gasteiger charge is 2.75. The Morgan fingerprint density at radius 3 is 2.40 bits per heavy atom. The number of anilines is 1. The highest BCUT2D eigenvalue weighted by atomic mass is 35.5. The molecule has 1 aromatic rings. The van der Waals surface area contributed by atoms with Crippen molar-refractivity contribution in [2.24, 2.45) is 11.8 Å². The number of likely N-dealkylation sites (tertiary alicyclic amines) is 1. The largest absolute Gasteiger partial charge is 0.396 e. The molecule has 3 amide bonds. The van der Waals surface area contributed by atoms with Crippen LogP contribution in [0.3, 0.4) is 0 Å². The summed E-state index contributed by atoms with van der Waals surface area (Å²) in [4.78, 5) is 48.2. The molecule has 1 N–H and O–H groups in total. The molecule has 0 aromatic heterocycles. The molecular formula is C31H40ClN3O5. The van der Waals surface area contributed by atoms with Gasteiger partial charge in [-0.05, 0) is 37.8 Å². The van der Waals surface area contributed by atoms with Gasteiger partial charge in [-0.25, -0.2) is 0 Å². The number of aliphatic hydroxyl groups is 1. The standard InChI is InChI=1S/C31H40ClN3O5/c1-3-17-33-18-11-15-30(4-2)24(27(33)37)25-28(38)35(19-9-5-6-10-21-36)26-29(39)34(20-12-16-31(25,26)40-30)23-14-8-7-13-22(23)32/h7-8,11-16,24-26,36H,3-6,9-10,17-21H2,1-2H3/t24-,25+,26?,30+,31+/m1/s1. The minimum Gasteiger partial charge on any atom is -0.396 e. The topological polar surface area (TPSA) is 90.4 Å². The van der Waals surface area contributed by atoms with Crippen LogP contribution in [0.15, 0.2) is 48.6 Å². The van der Waals surface area contributed by atoms with Crippen molar-refractivity contribution in [1.82, 2.24) is 9.80 Å². The van der Waals surface area contributed by atoms with E-state index in [2.05, 4.69) is 0 Å². The van der Waals surface area contributed by atoms with E-state index in [0.717, 1.165) is 19.3 Å². The van der Waals surface area contributed by atoms with Gasteiger partial charge in [-0.15, -0.1) is 0 Å². The lowest BCUT2D eigenvalue weighted by Crippen LogP contribution is -2.56. The Morgan fingerprint density at radius 1 is 0.925 bits per heavy atom. The molecule has 4 aliphatic rings. The molecule has 2 fully saturated rings. The zero-order valence-corrected chi connectivity index (χ0v) is 24.2. The second-order valence-electron chi connectivity index (χ2n) is 11.3. The number of hydrogen-bond acceptors (Lipinski definition) is 5. The average molecular weight is 570 g/mol. The summed E-state index contributed by atoms with van der Waals surface area (Å²) in [6.07, 6.45) is 12.1. The predicted molar refractivity (Wildman–Crippen MR) is 154 cm³/mol. The smallest absolute Gasteiger partial charge is 0.253 e. The SMILES string of the molecule is CCCN1CC=C[C@]2(CC)O[C@]34C=CCN(c5ccccc5Cl)C(=O)C3N(CCCCCCO)C(=O)[C@@H]4[C@@H]2C1=O. The van der Waals surface area contributed by atoms with E-state index in [1.165, 1.54) is 0 Å². The second-order valence-corrected chi connectivity index (χ2v) is 11.7. The third kappa shape index (κ3) is 4.58. The van der Waals surface area contributed by atoms with Crippen molar-refractivity contribution in [3.8, 4) is 0 Å². The van der Waals surface area contributed by atoms with Crippen LogP contribution in [0.1, 0.15) is 52.4 Å². The van der Waals surface area contributed by atoms with Crippen molar-refractivity contribution in [2.75, 3.05) is 37.7 Å². The van der Waals surface area contributed by atoms with E-state index in [1.54, 1.807) is 21.9 Å². The molecular weight excluding hydrogens is 530 g/mol. The number of carbonyl (C=O) groups is 3. The Balaban J connectivity index is 1.60. The first-order valence-corrected chi connectivity index (χ1v) is 15.0. The molecule has 5 atom stereocenters. The van der Waals surface area contributed by atoms with Gasteiger partial charge in [-0.3, -0.25) is 14.4 Å². The van der Waals surface area contributed by atoms with Crippen molar-refractivity contribution in [2.45, 2.75) is 69.6 Å². The maximum Gasteiger partial charge on any atom is 0.253 e. The van der Waals surface area contributed by atoms with Crippen molar-refractivity contribution >= 4 is 35.0 Å². The molecule has 40 heavy (non-hydrogen) atoms. The summed E-state index contributed by atoms with van der Waals surface area (Å²) in [6.45, 7) is 5.88. The molecule has 1 aromatic carbocycles. The number of nitrogens with zero attached hydrogens (tertiary/aromatic N) is 3. The lowest BCUT2D eigenvalue weighted by Gasteiger charge is -2.38. The molecule has 5 rings (SSSR count). The summed E-state index contributed by atoms with van der Waals surface area (Å²) >= 11 is 6.54. The number of halogens is 1. The number of ether oxygens (including phenoxy) is 1. The van der Waals surface area contributed by atoms with E-state index in [0.29, 0.717) is 49.6 Å². The van der Waals surface area contributed by atoms with Gasteiger partial charge < -0.3 is 24.5 Å². The van der Waals surface area contributed by atoms with E-state index >= 15 is 0 Å². The number of amides is 3. The summed E-state index contributed by atoms with van der Waals surface area (Å²) in [5, 5.41) is 9.63. The summed E-state index contributed by atoms with van der Waals surface area (Å²) in [5.74, 6) is -2.07. The fourth-order valence-corrected chi connectivity index (χ4v) is 7.39. The molecule has 2 saturated heterocycles. The highest BCUT2D eigenvalue weighted by molar-refractivity contribution is 6.34. The van der Waals surface area contributed by atoms with E-state index in [4.69, 9.17) is 16.3 Å². The van der Waals surface area contributed by atoms with Gasteiger partial charge in [0.05, 0.1) is 28.1 Å². The number of para-hydroxylation sites is 1. The Labute approximate surface area is 241 Å². The van der Waals surface area contributed by atoms with Crippen LogP contribution >= 0.6 is 11.6 Å². The second kappa shape index (κ2) is 11.7. The van der Waals surface area contributed by atoms with Crippen molar-refractivity contribution < 1.29 is 24.2 Å².